The van der Waals surface area contributed by atoms with Crippen molar-refractivity contribution in [2.75, 3.05) is 19.5 Å². The highest BCUT2D eigenvalue weighted by atomic mass is 19.1. The first kappa shape index (κ1) is 17.3. The molecule has 1 saturated carbocycles. The Balaban J connectivity index is 1.68. The van der Waals surface area contributed by atoms with Gasteiger partial charge in [0, 0.05) is 23.7 Å². The standard InChI is InChI=1S/C18H18FN5O3/c1-8-10-6-20-13(24-16(25)9-4-11(9)19)5-12(10)23-15(8)14-17(26-2)21-7-22-18(14)27-3/h5-9,11H,4H2,1-3H3,(H,20,24,25). The number of aromatic nitrogens is 3. The molecule has 4 rings (SSSR count). The molecule has 1 N–H and O–H groups in total. The second-order valence-electron chi connectivity index (χ2n) is 6.46. The van der Waals surface area contributed by atoms with Crippen molar-refractivity contribution in [2.45, 2.75) is 25.4 Å². The Kier molecular flexibility index (Phi) is 4.21. The van der Waals surface area contributed by atoms with Crippen LogP contribution >= 0.6 is 0 Å². The molecule has 27 heavy (non-hydrogen) atoms. The number of alkyl halides is 1. The third-order valence-corrected chi connectivity index (χ3v) is 4.75. The lowest BCUT2D eigenvalue weighted by atomic mass is 9.95. The molecular weight excluding hydrogens is 353 g/mol. The normalized spacial score (nSPS) is 22.7. The summed E-state index contributed by atoms with van der Waals surface area (Å²) in [6, 6.07) is 1.68. The minimum Gasteiger partial charge on any atom is -0.480 e. The van der Waals surface area contributed by atoms with E-state index in [1.165, 1.54) is 20.5 Å². The van der Waals surface area contributed by atoms with E-state index in [0.29, 0.717) is 34.5 Å². The molecule has 1 aliphatic carbocycles. The number of hydrogen-bond acceptors (Lipinski definition) is 7. The maximum Gasteiger partial charge on any atom is 0.231 e. The molecule has 2 aromatic rings. The van der Waals surface area contributed by atoms with Gasteiger partial charge in [-0.05, 0) is 6.42 Å². The Bertz CT molecular complexity index is 926. The van der Waals surface area contributed by atoms with Crippen molar-refractivity contribution in [1.29, 1.82) is 0 Å². The summed E-state index contributed by atoms with van der Waals surface area (Å²) >= 11 is 0. The Morgan fingerprint density at radius 3 is 2.48 bits per heavy atom. The quantitative estimate of drug-likeness (QED) is 0.867. The summed E-state index contributed by atoms with van der Waals surface area (Å²) < 4.78 is 23.7. The van der Waals surface area contributed by atoms with Gasteiger partial charge in [0.05, 0.1) is 31.5 Å². The fourth-order valence-corrected chi connectivity index (χ4v) is 3.14. The number of fused-ring (bicyclic) bond motifs is 1. The topological polar surface area (TPSA) is 98.6 Å². The van der Waals surface area contributed by atoms with Crippen LogP contribution in [-0.4, -0.2) is 47.0 Å². The summed E-state index contributed by atoms with van der Waals surface area (Å²) in [5, 5.41) is 2.65. The van der Waals surface area contributed by atoms with Crippen LogP contribution in [0.2, 0.25) is 0 Å². The van der Waals surface area contributed by atoms with Gasteiger partial charge in [-0.2, -0.15) is 0 Å². The lowest BCUT2D eigenvalue weighted by Crippen LogP contribution is -2.16. The van der Waals surface area contributed by atoms with Crippen molar-refractivity contribution >= 4 is 23.1 Å². The molecule has 0 spiro atoms. The third-order valence-electron chi connectivity index (χ3n) is 4.75. The van der Waals surface area contributed by atoms with Crippen molar-refractivity contribution in [1.82, 2.24) is 15.0 Å². The number of carbonyl (C=O) groups excluding carboxylic acids is 1. The minimum absolute atomic E-state index is 0.0929. The van der Waals surface area contributed by atoms with Gasteiger partial charge in [-0.3, -0.25) is 9.79 Å². The number of rotatable bonds is 5. The summed E-state index contributed by atoms with van der Waals surface area (Å²) in [6.45, 7) is 1.98. The molecule has 1 fully saturated rings. The van der Waals surface area contributed by atoms with E-state index in [2.05, 4.69) is 25.3 Å². The molecular formula is C18H18FN5O3. The van der Waals surface area contributed by atoms with Crippen LogP contribution in [0.1, 0.15) is 30.4 Å². The lowest BCUT2D eigenvalue weighted by Gasteiger charge is -2.14. The average molecular weight is 371 g/mol. The summed E-state index contributed by atoms with van der Waals surface area (Å²) in [5.41, 5.74) is 2.83. The van der Waals surface area contributed by atoms with E-state index >= 15 is 0 Å². The smallest absolute Gasteiger partial charge is 0.231 e. The Morgan fingerprint density at radius 1 is 1.22 bits per heavy atom. The fourth-order valence-electron chi connectivity index (χ4n) is 3.14. The highest BCUT2D eigenvalue weighted by Crippen LogP contribution is 2.42. The van der Waals surface area contributed by atoms with Crippen molar-refractivity contribution < 1.29 is 18.7 Å². The maximum atomic E-state index is 13.0. The zero-order chi connectivity index (χ0) is 19.1. The molecule has 1 amide bonds. The minimum atomic E-state index is -1.05. The Hall–Kier alpha value is -3.10. The zero-order valence-electron chi connectivity index (χ0n) is 15.1. The SMILES string of the molecule is COc1ncnc(OC)c1C1=Nc2cc(NC(=O)C3CC3F)ncc2C1C. The van der Waals surface area contributed by atoms with E-state index in [1.54, 1.807) is 12.3 Å². The summed E-state index contributed by atoms with van der Waals surface area (Å²) in [5.74, 6) is 0.0509. The van der Waals surface area contributed by atoms with Crippen molar-refractivity contribution in [3.63, 3.8) is 0 Å². The van der Waals surface area contributed by atoms with E-state index in [-0.39, 0.29) is 18.2 Å². The predicted octanol–water partition coefficient (Wildman–Crippen LogP) is 2.42. The number of methoxy groups -OCH3 is 2. The molecule has 3 atom stereocenters. The van der Waals surface area contributed by atoms with E-state index < -0.39 is 12.1 Å². The highest BCUT2D eigenvalue weighted by Gasteiger charge is 2.43. The van der Waals surface area contributed by atoms with Crippen LogP contribution < -0.4 is 14.8 Å². The van der Waals surface area contributed by atoms with Gasteiger partial charge in [0.15, 0.2) is 0 Å². The molecule has 3 unspecified atom stereocenters. The number of nitrogens with zero attached hydrogens (tertiary/aromatic N) is 4. The zero-order valence-corrected chi connectivity index (χ0v) is 15.1. The first-order valence-corrected chi connectivity index (χ1v) is 8.50. The van der Waals surface area contributed by atoms with Gasteiger partial charge < -0.3 is 14.8 Å². The largest absolute Gasteiger partial charge is 0.480 e. The second kappa shape index (κ2) is 6.57. The van der Waals surface area contributed by atoms with Gasteiger partial charge in [0.25, 0.3) is 0 Å². The van der Waals surface area contributed by atoms with E-state index in [4.69, 9.17) is 9.47 Å². The number of nitrogens with one attached hydrogen (secondary N) is 1. The average Bonchev–Trinajstić information content (AvgIpc) is 3.33. The van der Waals surface area contributed by atoms with Gasteiger partial charge >= 0.3 is 0 Å². The Morgan fingerprint density at radius 2 is 1.89 bits per heavy atom. The number of amides is 1. The number of hydrogen-bond donors (Lipinski definition) is 1. The summed E-state index contributed by atoms with van der Waals surface area (Å²) in [4.78, 5) is 29.1. The van der Waals surface area contributed by atoms with Crippen LogP contribution in [0.5, 0.6) is 11.8 Å². The van der Waals surface area contributed by atoms with Crippen molar-refractivity contribution in [3.8, 4) is 11.8 Å². The molecule has 3 heterocycles. The van der Waals surface area contributed by atoms with Gasteiger partial charge in [0.1, 0.15) is 23.9 Å². The molecule has 1 aliphatic heterocycles. The first-order valence-electron chi connectivity index (χ1n) is 8.50. The molecule has 9 heteroatoms. The number of halogens is 1. The molecule has 8 nitrogen and oxygen atoms in total. The van der Waals surface area contributed by atoms with E-state index in [0.717, 1.165) is 5.56 Å². The van der Waals surface area contributed by atoms with Crippen LogP contribution in [0, 0.1) is 5.92 Å². The summed E-state index contributed by atoms with van der Waals surface area (Å²) in [7, 11) is 3.04. The van der Waals surface area contributed by atoms with Gasteiger partial charge in [0.2, 0.25) is 17.7 Å². The van der Waals surface area contributed by atoms with E-state index in [1.807, 2.05) is 6.92 Å². The highest BCUT2D eigenvalue weighted by molar-refractivity contribution is 6.12. The van der Waals surface area contributed by atoms with Gasteiger partial charge in [-0.1, -0.05) is 6.92 Å². The predicted molar refractivity (Wildman–Crippen MR) is 95.6 cm³/mol. The maximum absolute atomic E-state index is 13.0. The van der Waals surface area contributed by atoms with Crippen LogP contribution in [-0.2, 0) is 4.79 Å². The molecule has 0 saturated heterocycles. The monoisotopic (exact) mass is 371 g/mol. The third kappa shape index (κ3) is 2.98. The Labute approximate surface area is 154 Å². The van der Waals surface area contributed by atoms with Gasteiger partial charge in [-0.15, -0.1) is 0 Å². The van der Waals surface area contributed by atoms with Crippen molar-refractivity contribution in [3.05, 3.63) is 29.7 Å². The molecule has 0 radical (unpaired) electrons. The molecule has 140 valence electrons. The summed E-state index contributed by atoms with van der Waals surface area (Å²) in [6.07, 6.45) is 2.24. The first-order chi connectivity index (χ1) is 13.0. The number of anilines is 1. The lowest BCUT2D eigenvalue weighted by molar-refractivity contribution is -0.117. The molecule has 0 bridgehead atoms. The van der Waals surface area contributed by atoms with Crippen LogP contribution in [0.25, 0.3) is 0 Å². The number of carbonyl (C=O) groups is 1. The van der Waals surface area contributed by atoms with E-state index in [9.17, 15) is 9.18 Å². The molecule has 0 aromatic carbocycles. The van der Waals surface area contributed by atoms with Crippen molar-refractivity contribution in [2.24, 2.45) is 10.9 Å². The number of ether oxygens (including phenoxy) is 2. The van der Waals surface area contributed by atoms with Crippen LogP contribution in [0.3, 0.4) is 0 Å². The number of aliphatic imine (C=N–C) groups is 1. The number of pyridine rings is 1. The fraction of sp³-hybridized carbons (Fsp3) is 0.389. The van der Waals surface area contributed by atoms with Crippen LogP contribution in [0.15, 0.2) is 23.6 Å². The second-order valence-corrected chi connectivity index (χ2v) is 6.46. The molecule has 2 aromatic heterocycles. The van der Waals surface area contributed by atoms with Gasteiger partial charge in [-0.25, -0.2) is 19.3 Å². The molecule has 2 aliphatic rings. The van der Waals surface area contributed by atoms with Crippen LogP contribution in [0.4, 0.5) is 15.9 Å².